The van der Waals surface area contributed by atoms with Gasteiger partial charge in [-0.15, -0.1) is 0 Å². The smallest absolute Gasteiger partial charge is 0.264 e. The van der Waals surface area contributed by atoms with Crippen molar-refractivity contribution >= 4 is 27.8 Å². The highest BCUT2D eigenvalue weighted by Gasteiger charge is 2.27. The SMILES string of the molecule is CCOc1ccc(S(=O)(=O)N(CC(=O)N/N=C\c2ccc(C)c(C)c2C)c2ccccc2)cc1. The Bertz CT molecular complexity index is 1270. The highest BCUT2D eigenvalue weighted by molar-refractivity contribution is 7.92. The molecule has 3 aromatic carbocycles. The molecule has 8 heteroatoms. The number of sulfonamides is 1. The Labute approximate surface area is 201 Å². The fraction of sp³-hybridized carbons (Fsp3) is 0.231. The van der Waals surface area contributed by atoms with Crippen LogP contribution in [-0.4, -0.2) is 33.7 Å². The molecule has 0 radical (unpaired) electrons. The summed E-state index contributed by atoms with van der Waals surface area (Å²) < 4.78 is 33.3. The van der Waals surface area contributed by atoms with Gasteiger partial charge in [0.05, 0.1) is 23.4 Å². The number of hydrogen-bond acceptors (Lipinski definition) is 5. The number of anilines is 1. The van der Waals surface area contributed by atoms with Gasteiger partial charge in [-0.3, -0.25) is 9.10 Å². The van der Waals surface area contributed by atoms with Crippen LogP contribution < -0.4 is 14.5 Å². The van der Waals surface area contributed by atoms with Crippen LogP contribution in [0.4, 0.5) is 5.69 Å². The van der Waals surface area contributed by atoms with Crippen molar-refractivity contribution in [3.8, 4) is 5.75 Å². The Morgan fingerprint density at radius 3 is 2.29 bits per heavy atom. The molecule has 0 aliphatic rings. The molecule has 0 heterocycles. The Morgan fingerprint density at radius 1 is 0.971 bits per heavy atom. The standard InChI is InChI=1S/C26H29N3O4S/c1-5-33-24-13-15-25(16-14-24)34(31,32)29(23-9-7-6-8-10-23)18-26(30)28-27-17-22-12-11-19(2)20(3)21(22)4/h6-17H,5,18H2,1-4H3,(H,28,30)/b27-17-. The molecule has 0 bridgehead atoms. The number of benzene rings is 3. The van der Waals surface area contributed by atoms with E-state index in [1.807, 2.05) is 39.8 Å². The summed E-state index contributed by atoms with van der Waals surface area (Å²) in [6, 6.07) is 18.5. The number of aryl methyl sites for hydroxylation is 1. The normalized spacial score (nSPS) is 11.4. The monoisotopic (exact) mass is 479 g/mol. The molecule has 0 aliphatic heterocycles. The van der Waals surface area contributed by atoms with Gasteiger partial charge in [0.15, 0.2) is 0 Å². The number of carbonyl (C=O) groups is 1. The van der Waals surface area contributed by atoms with Crippen molar-refractivity contribution < 1.29 is 17.9 Å². The van der Waals surface area contributed by atoms with E-state index in [4.69, 9.17) is 4.74 Å². The molecule has 0 saturated carbocycles. The third kappa shape index (κ3) is 5.82. The molecule has 0 fully saturated rings. The van der Waals surface area contributed by atoms with Crippen molar-refractivity contribution in [2.45, 2.75) is 32.6 Å². The Hall–Kier alpha value is -3.65. The highest BCUT2D eigenvalue weighted by Crippen LogP contribution is 2.25. The van der Waals surface area contributed by atoms with E-state index in [0.29, 0.717) is 18.0 Å². The second-order valence-corrected chi connectivity index (χ2v) is 9.63. The topological polar surface area (TPSA) is 88.1 Å². The van der Waals surface area contributed by atoms with E-state index >= 15 is 0 Å². The molecule has 7 nitrogen and oxygen atoms in total. The van der Waals surface area contributed by atoms with Gasteiger partial charge >= 0.3 is 0 Å². The van der Waals surface area contributed by atoms with Crippen LogP contribution in [0.3, 0.4) is 0 Å². The van der Waals surface area contributed by atoms with Gasteiger partial charge in [0.25, 0.3) is 15.9 Å². The number of rotatable bonds is 9. The van der Waals surface area contributed by atoms with E-state index in [2.05, 4.69) is 10.5 Å². The number of hydrazone groups is 1. The van der Waals surface area contributed by atoms with Crippen LogP contribution in [0.2, 0.25) is 0 Å². The average Bonchev–Trinajstić information content (AvgIpc) is 2.83. The minimum atomic E-state index is -4.01. The van der Waals surface area contributed by atoms with Gasteiger partial charge in [0.1, 0.15) is 12.3 Å². The highest BCUT2D eigenvalue weighted by atomic mass is 32.2. The predicted octanol–water partition coefficient (Wildman–Crippen LogP) is 4.36. The van der Waals surface area contributed by atoms with E-state index in [1.54, 1.807) is 48.7 Å². The van der Waals surface area contributed by atoms with E-state index in [0.717, 1.165) is 21.0 Å². The summed E-state index contributed by atoms with van der Waals surface area (Å²) in [5.74, 6) is 0.0116. The van der Waals surface area contributed by atoms with Gasteiger partial charge in [-0.2, -0.15) is 5.10 Å². The van der Waals surface area contributed by atoms with Crippen molar-refractivity contribution in [3.63, 3.8) is 0 Å². The van der Waals surface area contributed by atoms with Crippen LogP contribution in [-0.2, 0) is 14.8 Å². The summed E-state index contributed by atoms with van der Waals surface area (Å²) >= 11 is 0. The summed E-state index contributed by atoms with van der Waals surface area (Å²) in [5.41, 5.74) is 7.11. The lowest BCUT2D eigenvalue weighted by atomic mass is 10.00. The maximum atomic E-state index is 13.4. The summed E-state index contributed by atoms with van der Waals surface area (Å²) in [7, 11) is -4.01. The quantitative estimate of drug-likeness (QED) is 0.365. The molecule has 0 atom stereocenters. The molecule has 3 aromatic rings. The molecule has 1 amide bonds. The maximum Gasteiger partial charge on any atom is 0.264 e. The summed E-state index contributed by atoms with van der Waals surface area (Å²) in [5, 5.41) is 4.04. The molecule has 1 N–H and O–H groups in total. The number of carbonyl (C=O) groups excluding carboxylic acids is 1. The van der Waals surface area contributed by atoms with Gasteiger partial charge in [0.2, 0.25) is 0 Å². The van der Waals surface area contributed by atoms with Crippen LogP contribution in [0.5, 0.6) is 5.75 Å². The number of hydrogen-bond donors (Lipinski definition) is 1. The second kappa shape index (κ2) is 11.0. The molecule has 178 valence electrons. The van der Waals surface area contributed by atoms with E-state index in [1.165, 1.54) is 17.7 Å². The van der Waals surface area contributed by atoms with Gasteiger partial charge in [-0.05, 0) is 86.3 Å². The zero-order chi connectivity index (χ0) is 24.7. The number of amides is 1. The predicted molar refractivity (Wildman–Crippen MR) is 135 cm³/mol. The van der Waals surface area contributed by atoms with Crippen molar-refractivity contribution in [1.82, 2.24) is 5.43 Å². The molecule has 0 aromatic heterocycles. The first-order valence-corrected chi connectivity index (χ1v) is 12.4. The molecular formula is C26H29N3O4S. The maximum absolute atomic E-state index is 13.4. The van der Waals surface area contributed by atoms with E-state index in [-0.39, 0.29) is 4.90 Å². The number of ether oxygens (including phenoxy) is 1. The van der Waals surface area contributed by atoms with Gasteiger partial charge in [-0.1, -0.05) is 30.3 Å². The number of para-hydroxylation sites is 1. The van der Waals surface area contributed by atoms with Crippen LogP contribution in [0.1, 0.15) is 29.2 Å². The van der Waals surface area contributed by atoms with Crippen LogP contribution >= 0.6 is 0 Å². The van der Waals surface area contributed by atoms with Gasteiger partial charge in [-0.25, -0.2) is 13.8 Å². The summed E-state index contributed by atoms with van der Waals surface area (Å²) in [4.78, 5) is 12.7. The number of nitrogens with one attached hydrogen (secondary N) is 1. The molecule has 0 spiro atoms. The fourth-order valence-electron chi connectivity index (χ4n) is 3.37. The lowest BCUT2D eigenvalue weighted by Crippen LogP contribution is -2.39. The Balaban J connectivity index is 1.81. The molecule has 0 aliphatic carbocycles. The van der Waals surface area contributed by atoms with Crippen molar-refractivity contribution in [1.29, 1.82) is 0 Å². The first kappa shape index (κ1) is 25.0. The lowest BCUT2D eigenvalue weighted by molar-refractivity contribution is -0.119. The number of nitrogens with zero attached hydrogens (tertiary/aromatic N) is 2. The zero-order valence-electron chi connectivity index (χ0n) is 19.8. The average molecular weight is 480 g/mol. The Morgan fingerprint density at radius 2 is 1.65 bits per heavy atom. The molecule has 34 heavy (non-hydrogen) atoms. The first-order chi connectivity index (χ1) is 16.2. The van der Waals surface area contributed by atoms with Crippen LogP contribution in [0, 0.1) is 20.8 Å². The van der Waals surface area contributed by atoms with Crippen molar-refractivity contribution in [2.75, 3.05) is 17.5 Å². The minimum Gasteiger partial charge on any atom is -0.494 e. The van der Waals surface area contributed by atoms with Crippen LogP contribution in [0.25, 0.3) is 0 Å². The second-order valence-electron chi connectivity index (χ2n) is 7.77. The first-order valence-electron chi connectivity index (χ1n) is 10.9. The summed E-state index contributed by atoms with van der Waals surface area (Å²) in [6.45, 7) is 7.96. The lowest BCUT2D eigenvalue weighted by Gasteiger charge is -2.23. The molecule has 0 unspecified atom stereocenters. The van der Waals surface area contributed by atoms with Crippen LogP contribution in [0.15, 0.2) is 76.7 Å². The van der Waals surface area contributed by atoms with E-state index in [9.17, 15) is 13.2 Å². The van der Waals surface area contributed by atoms with Gasteiger partial charge < -0.3 is 4.74 Å². The largest absolute Gasteiger partial charge is 0.494 e. The third-order valence-corrected chi connectivity index (χ3v) is 7.33. The Kier molecular flexibility index (Phi) is 8.07. The summed E-state index contributed by atoms with van der Waals surface area (Å²) in [6.07, 6.45) is 1.56. The molecule has 3 rings (SSSR count). The van der Waals surface area contributed by atoms with Gasteiger partial charge in [0, 0.05) is 0 Å². The minimum absolute atomic E-state index is 0.0573. The fourth-order valence-corrected chi connectivity index (χ4v) is 4.79. The van der Waals surface area contributed by atoms with Crippen molar-refractivity contribution in [2.24, 2.45) is 5.10 Å². The zero-order valence-corrected chi connectivity index (χ0v) is 20.6. The van der Waals surface area contributed by atoms with E-state index < -0.39 is 22.5 Å². The van der Waals surface area contributed by atoms with Crippen molar-refractivity contribution in [3.05, 3.63) is 89.0 Å². The molecular weight excluding hydrogens is 450 g/mol. The third-order valence-electron chi connectivity index (χ3n) is 5.55. The molecule has 0 saturated heterocycles.